The number of hydrogen-bond acceptors (Lipinski definition) is 5. The standard InChI is InChI=1S/C21H17N3O2S/c1-2-26-21(25)20-14-24(13-19-8-7-18(11-23)27-19)12-17(20)9-15-3-5-16(10-22)6-4-15/h3-8,12,14H,2,9,13H2,1H3. The zero-order chi connectivity index (χ0) is 19.2. The number of hydrogen-bond donors (Lipinski definition) is 0. The van der Waals surface area contributed by atoms with E-state index in [4.69, 9.17) is 15.3 Å². The second-order valence-electron chi connectivity index (χ2n) is 5.95. The van der Waals surface area contributed by atoms with Crippen LogP contribution in [0.3, 0.4) is 0 Å². The van der Waals surface area contributed by atoms with E-state index in [1.165, 1.54) is 11.3 Å². The maximum Gasteiger partial charge on any atom is 0.339 e. The Morgan fingerprint density at radius 3 is 2.52 bits per heavy atom. The van der Waals surface area contributed by atoms with Crippen molar-refractivity contribution in [3.8, 4) is 12.1 Å². The lowest BCUT2D eigenvalue weighted by molar-refractivity contribution is 0.0525. The molecule has 3 aromatic rings. The van der Waals surface area contributed by atoms with Gasteiger partial charge in [0, 0.05) is 17.3 Å². The highest BCUT2D eigenvalue weighted by Crippen LogP contribution is 2.21. The average Bonchev–Trinajstić information content (AvgIpc) is 3.29. The number of esters is 1. The first-order valence-electron chi connectivity index (χ1n) is 8.46. The molecule has 0 aliphatic heterocycles. The van der Waals surface area contributed by atoms with Gasteiger partial charge in [-0.25, -0.2) is 4.79 Å². The van der Waals surface area contributed by atoms with Gasteiger partial charge >= 0.3 is 5.97 Å². The summed E-state index contributed by atoms with van der Waals surface area (Å²) in [6.07, 6.45) is 4.31. The van der Waals surface area contributed by atoms with Crippen molar-refractivity contribution in [2.24, 2.45) is 0 Å². The van der Waals surface area contributed by atoms with Gasteiger partial charge in [0.2, 0.25) is 0 Å². The number of nitriles is 2. The molecule has 5 nitrogen and oxygen atoms in total. The van der Waals surface area contributed by atoms with Gasteiger partial charge in [0.25, 0.3) is 0 Å². The van der Waals surface area contributed by atoms with Crippen molar-refractivity contribution < 1.29 is 9.53 Å². The molecule has 0 atom stereocenters. The molecule has 0 aliphatic rings. The summed E-state index contributed by atoms with van der Waals surface area (Å²) in [6.45, 7) is 2.69. The number of rotatable bonds is 6. The van der Waals surface area contributed by atoms with E-state index in [0.717, 1.165) is 16.0 Å². The topological polar surface area (TPSA) is 78.8 Å². The molecule has 134 valence electrons. The monoisotopic (exact) mass is 375 g/mol. The molecule has 27 heavy (non-hydrogen) atoms. The quantitative estimate of drug-likeness (QED) is 0.607. The van der Waals surface area contributed by atoms with Crippen molar-refractivity contribution in [1.29, 1.82) is 10.5 Å². The second kappa shape index (κ2) is 8.35. The van der Waals surface area contributed by atoms with Gasteiger partial charge in [-0.1, -0.05) is 12.1 Å². The highest BCUT2D eigenvalue weighted by molar-refractivity contribution is 7.12. The van der Waals surface area contributed by atoms with Crippen LogP contribution >= 0.6 is 11.3 Å². The van der Waals surface area contributed by atoms with E-state index in [9.17, 15) is 4.79 Å². The summed E-state index contributed by atoms with van der Waals surface area (Å²) in [5.74, 6) is -0.344. The number of carbonyl (C=O) groups excluding carboxylic acids is 1. The number of nitrogens with zero attached hydrogens (tertiary/aromatic N) is 3. The van der Waals surface area contributed by atoms with Crippen LogP contribution in [0.2, 0.25) is 0 Å². The maximum absolute atomic E-state index is 12.4. The van der Waals surface area contributed by atoms with Crippen LogP contribution in [0, 0.1) is 22.7 Å². The molecular weight excluding hydrogens is 358 g/mol. The lowest BCUT2D eigenvalue weighted by Gasteiger charge is -2.04. The lowest BCUT2D eigenvalue weighted by atomic mass is 10.0. The smallest absolute Gasteiger partial charge is 0.339 e. The van der Waals surface area contributed by atoms with Crippen LogP contribution in [-0.2, 0) is 17.7 Å². The Kier molecular flexibility index (Phi) is 5.71. The lowest BCUT2D eigenvalue weighted by Crippen LogP contribution is -2.06. The minimum atomic E-state index is -0.344. The van der Waals surface area contributed by atoms with Crippen molar-refractivity contribution in [2.45, 2.75) is 19.9 Å². The molecule has 2 heterocycles. The summed E-state index contributed by atoms with van der Waals surface area (Å²) in [6, 6.07) is 15.3. The Bertz CT molecular complexity index is 1030. The molecule has 1 aromatic carbocycles. The van der Waals surface area contributed by atoms with E-state index in [0.29, 0.717) is 35.6 Å². The first-order chi connectivity index (χ1) is 13.1. The maximum atomic E-state index is 12.4. The fourth-order valence-electron chi connectivity index (χ4n) is 2.80. The molecular formula is C21H17N3O2S. The largest absolute Gasteiger partial charge is 0.462 e. The van der Waals surface area contributed by atoms with E-state index in [1.807, 2.05) is 29.0 Å². The fraction of sp³-hybridized carbons (Fsp3) is 0.190. The van der Waals surface area contributed by atoms with Gasteiger partial charge in [0.1, 0.15) is 10.9 Å². The Hall–Kier alpha value is -3.35. The molecule has 0 spiro atoms. The molecule has 0 aliphatic carbocycles. The highest BCUT2D eigenvalue weighted by Gasteiger charge is 2.16. The molecule has 0 radical (unpaired) electrons. The summed E-state index contributed by atoms with van der Waals surface area (Å²) in [4.78, 5) is 14.1. The molecule has 3 rings (SSSR count). The van der Waals surface area contributed by atoms with Crippen LogP contribution in [0.5, 0.6) is 0 Å². The molecule has 0 amide bonds. The summed E-state index contributed by atoms with van der Waals surface area (Å²) < 4.78 is 7.13. The van der Waals surface area contributed by atoms with Crippen LogP contribution in [-0.4, -0.2) is 17.1 Å². The Balaban J connectivity index is 1.87. The molecule has 2 aromatic heterocycles. The van der Waals surface area contributed by atoms with Crippen molar-refractivity contribution in [3.05, 3.63) is 80.8 Å². The average molecular weight is 375 g/mol. The predicted molar refractivity (Wildman–Crippen MR) is 102 cm³/mol. The first kappa shape index (κ1) is 18.4. The van der Waals surface area contributed by atoms with Crippen LogP contribution in [0.25, 0.3) is 0 Å². The van der Waals surface area contributed by atoms with Gasteiger partial charge < -0.3 is 9.30 Å². The van der Waals surface area contributed by atoms with Crippen molar-refractivity contribution in [2.75, 3.05) is 6.61 Å². The van der Waals surface area contributed by atoms with Gasteiger partial charge in [-0.15, -0.1) is 11.3 Å². The minimum absolute atomic E-state index is 0.316. The third-order valence-corrected chi connectivity index (χ3v) is 5.02. The second-order valence-corrected chi connectivity index (χ2v) is 7.12. The minimum Gasteiger partial charge on any atom is -0.462 e. The number of benzene rings is 1. The Morgan fingerprint density at radius 1 is 1.11 bits per heavy atom. The summed E-state index contributed by atoms with van der Waals surface area (Å²) in [5.41, 5.74) is 3.03. The van der Waals surface area contributed by atoms with E-state index in [2.05, 4.69) is 12.1 Å². The van der Waals surface area contributed by atoms with Crippen LogP contribution < -0.4 is 0 Å². The molecule has 0 saturated heterocycles. The van der Waals surface area contributed by atoms with Crippen molar-refractivity contribution in [1.82, 2.24) is 4.57 Å². The predicted octanol–water partition coefficient (Wildman–Crippen LogP) is 4.11. The fourth-order valence-corrected chi connectivity index (χ4v) is 3.61. The Labute approximate surface area is 161 Å². The number of ether oxygens (including phenoxy) is 1. The first-order valence-corrected chi connectivity index (χ1v) is 9.28. The molecule has 6 heteroatoms. The molecule has 0 unspecified atom stereocenters. The van der Waals surface area contributed by atoms with E-state index in [-0.39, 0.29) is 5.97 Å². The summed E-state index contributed by atoms with van der Waals surface area (Å²) in [5, 5.41) is 17.9. The molecule has 0 N–H and O–H groups in total. The SMILES string of the molecule is CCOC(=O)c1cn(Cc2ccc(C#N)s2)cc1Cc1ccc(C#N)cc1. The zero-order valence-electron chi connectivity index (χ0n) is 14.8. The third-order valence-electron chi connectivity index (χ3n) is 4.05. The highest BCUT2D eigenvalue weighted by atomic mass is 32.1. The zero-order valence-corrected chi connectivity index (χ0v) is 15.6. The van der Waals surface area contributed by atoms with Crippen molar-refractivity contribution in [3.63, 3.8) is 0 Å². The van der Waals surface area contributed by atoms with E-state index < -0.39 is 0 Å². The van der Waals surface area contributed by atoms with Gasteiger partial charge in [-0.2, -0.15) is 10.5 Å². The summed E-state index contributed by atoms with van der Waals surface area (Å²) in [7, 11) is 0. The van der Waals surface area contributed by atoms with E-state index >= 15 is 0 Å². The normalized spacial score (nSPS) is 10.2. The molecule has 0 saturated carbocycles. The van der Waals surface area contributed by atoms with Gasteiger partial charge in [-0.05, 0) is 48.7 Å². The summed E-state index contributed by atoms with van der Waals surface area (Å²) >= 11 is 1.44. The van der Waals surface area contributed by atoms with Crippen molar-refractivity contribution >= 4 is 17.3 Å². The number of carbonyl (C=O) groups is 1. The number of aromatic nitrogens is 1. The van der Waals surface area contributed by atoms with Gasteiger partial charge in [-0.3, -0.25) is 0 Å². The molecule has 0 bridgehead atoms. The Morgan fingerprint density at radius 2 is 1.89 bits per heavy atom. The van der Waals surface area contributed by atoms with Gasteiger partial charge in [0.15, 0.2) is 0 Å². The van der Waals surface area contributed by atoms with Gasteiger partial charge in [0.05, 0.1) is 30.3 Å². The van der Waals surface area contributed by atoms with Crippen LogP contribution in [0.15, 0.2) is 48.8 Å². The number of thiophene rings is 1. The van der Waals surface area contributed by atoms with Crippen LogP contribution in [0.1, 0.15) is 43.7 Å². The van der Waals surface area contributed by atoms with Crippen LogP contribution in [0.4, 0.5) is 0 Å². The van der Waals surface area contributed by atoms with E-state index in [1.54, 1.807) is 31.3 Å². The molecule has 0 fully saturated rings. The third kappa shape index (κ3) is 4.44.